The fourth-order valence-corrected chi connectivity index (χ4v) is 2.30. The van der Waals surface area contributed by atoms with E-state index in [1.54, 1.807) is 13.3 Å². The number of methoxy groups -OCH3 is 1. The summed E-state index contributed by atoms with van der Waals surface area (Å²) >= 11 is 0. The SMILES string of the molecule is COc1cc(-c2cccc(C(C)C)c2NC(C)=O)ccn1. The summed E-state index contributed by atoms with van der Waals surface area (Å²) in [7, 11) is 1.59. The molecule has 4 nitrogen and oxygen atoms in total. The molecule has 1 aromatic heterocycles. The Morgan fingerprint density at radius 3 is 2.67 bits per heavy atom. The number of nitrogens with one attached hydrogen (secondary N) is 1. The number of rotatable bonds is 4. The third kappa shape index (κ3) is 3.40. The average Bonchev–Trinajstić information content (AvgIpc) is 2.46. The number of para-hydroxylation sites is 1. The maximum absolute atomic E-state index is 11.5. The van der Waals surface area contributed by atoms with Gasteiger partial charge in [0, 0.05) is 24.8 Å². The maximum Gasteiger partial charge on any atom is 0.221 e. The van der Waals surface area contributed by atoms with Crippen molar-refractivity contribution in [2.75, 3.05) is 12.4 Å². The Kier molecular flexibility index (Phi) is 4.58. The molecule has 0 aliphatic rings. The molecular formula is C17H20N2O2. The van der Waals surface area contributed by atoms with Gasteiger partial charge in [-0.3, -0.25) is 4.79 Å². The van der Waals surface area contributed by atoms with Gasteiger partial charge in [-0.05, 0) is 23.1 Å². The van der Waals surface area contributed by atoms with Crippen LogP contribution in [0, 0.1) is 0 Å². The molecule has 0 saturated heterocycles. The van der Waals surface area contributed by atoms with Gasteiger partial charge in [-0.25, -0.2) is 4.98 Å². The van der Waals surface area contributed by atoms with Crippen LogP contribution in [0.2, 0.25) is 0 Å². The fraction of sp³-hybridized carbons (Fsp3) is 0.294. The number of carbonyl (C=O) groups excluding carboxylic acids is 1. The van der Waals surface area contributed by atoms with E-state index in [-0.39, 0.29) is 5.91 Å². The Morgan fingerprint density at radius 2 is 2.05 bits per heavy atom. The number of hydrogen-bond donors (Lipinski definition) is 1. The molecule has 1 aromatic carbocycles. The highest BCUT2D eigenvalue weighted by Crippen LogP contribution is 2.35. The number of anilines is 1. The lowest BCUT2D eigenvalue weighted by molar-refractivity contribution is -0.114. The van der Waals surface area contributed by atoms with Crippen molar-refractivity contribution in [1.82, 2.24) is 4.98 Å². The van der Waals surface area contributed by atoms with Crippen LogP contribution in [0.5, 0.6) is 5.88 Å². The average molecular weight is 284 g/mol. The zero-order valence-corrected chi connectivity index (χ0v) is 12.8. The highest BCUT2D eigenvalue weighted by molar-refractivity contribution is 5.95. The third-order valence-electron chi connectivity index (χ3n) is 3.27. The van der Waals surface area contributed by atoms with Gasteiger partial charge in [-0.15, -0.1) is 0 Å². The summed E-state index contributed by atoms with van der Waals surface area (Å²) in [5.74, 6) is 0.789. The van der Waals surface area contributed by atoms with Gasteiger partial charge in [0.2, 0.25) is 11.8 Å². The summed E-state index contributed by atoms with van der Waals surface area (Å²) < 4.78 is 5.18. The molecule has 1 N–H and O–H groups in total. The van der Waals surface area contributed by atoms with E-state index in [4.69, 9.17) is 4.74 Å². The Bertz CT molecular complexity index is 651. The predicted molar refractivity (Wildman–Crippen MR) is 84.6 cm³/mol. The molecule has 2 aromatic rings. The number of aromatic nitrogens is 1. The summed E-state index contributed by atoms with van der Waals surface area (Å²) in [6.07, 6.45) is 1.70. The second-order valence-corrected chi connectivity index (χ2v) is 5.19. The zero-order valence-electron chi connectivity index (χ0n) is 12.8. The molecule has 21 heavy (non-hydrogen) atoms. The largest absolute Gasteiger partial charge is 0.481 e. The number of carbonyl (C=O) groups is 1. The van der Waals surface area contributed by atoms with Crippen molar-refractivity contribution >= 4 is 11.6 Å². The number of pyridine rings is 1. The summed E-state index contributed by atoms with van der Waals surface area (Å²) in [4.78, 5) is 15.7. The number of amides is 1. The van der Waals surface area contributed by atoms with Gasteiger partial charge in [0.15, 0.2) is 0 Å². The molecule has 0 atom stereocenters. The number of hydrogen-bond acceptors (Lipinski definition) is 3. The first-order valence-electron chi connectivity index (χ1n) is 6.94. The molecular weight excluding hydrogens is 264 g/mol. The minimum Gasteiger partial charge on any atom is -0.481 e. The number of nitrogens with zero attached hydrogens (tertiary/aromatic N) is 1. The zero-order chi connectivity index (χ0) is 15.4. The number of ether oxygens (including phenoxy) is 1. The molecule has 0 aliphatic carbocycles. The lowest BCUT2D eigenvalue weighted by atomic mass is 9.94. The first-order valence-corrected chi connectivity index (χ1v) is 6.94. The predicted octanol–water partition coefficient (Wildman–Crippen LogP) is 3.84. The molecule has 0 unspecified atom stereocenters. The van der Waals surface area contributed by atoms with E-state index in [0.717, 1.165) is 22.4 Å². The molecule has 0 bridgehead atoms. The summed E-state index contributed by atoms with van der Waals surface area (Å²) in [5, 5.41) is 2.96. The van der Waals surface area contributed by atoms with Crippen molar-refractivity contribution in [3.05, 3.63) is 42.1 Å². The first kappa shape index (κ1) is 15.0. The third-order valence-corrected chi connectivity index (χ3v) is 3.27. The minimum absolute atomic E-state index is 0.0784. The van der Waals surface area contributed by atoms with E-state index in [1.807, 2.05) is 30.3 Å². The Labute approximate surface area is 125 Å². The van der Waals surface area contributed by atoms with Crippen LogP contribution in [0.25, 0.3) is 11.1 Å². The molecule has 0 saturated carbocycles. The van der Waals surface area contributed by atoms with Crippen LogP contribution in [0.15, 0.2) is 36.5 Å². The lowest BCUT2D eigenvalue weighted by Gasteiger charge is -2.18. The van der Waals surface area contributed by atoms with Gasteiger partial charge in [0.25, 0.3) is 0 Å². The molecule has 1 heterocycles. The van der Waals surface area contributed by atoms with E-state index in [2.05, 4.69) is 24.1 Å². The molecule has 0 spiro atoms. The van der Waals surface area contributed by atoms with Crippen LogP contribution in [-0.2, 0) is 4.79 Å². The van der Waals surface area contributed by atoms with Crippen LogP contribution < -0.4 is 10.1 Å². The lowest BCUT2D eigenvalue weighted by Crippen LogP contribution is -2.10. The van der Waals surface area contributed by atoms with Crippen molar-refractivity contribution in [3.63, 3.8) is 0 Å². The van der Waals surface area contributed by atoms with Crippen molar-refractivity contribution in [2.24, 2.45) is 0 Å². The van der Waals surface area contributed by atoms with E-state index < -0.39 is 0 Å². The van der Waals surface area contributed by atoms with Crippen LogP contribution in [0.3, 0.4) is 0 Å². The summed E-state index contributed by atoms with van der Waals surface area (Å²) in [5.41, 5.74) is 3.90. The summed E-state index contributed by atoms with van der Waals surface area (Å²) in [6.45, 7) is 5.74. The Balaban J connectivity index is 2.61. The van der Waals surface area contributed by atoms with Gasteiger partial charge in [0.05, 0.1) is 12.8 Å². The molecule has 110 valence electrons. The molecule has 4 heteroatoms. The van der Waals surface area contributed by atoms with Gasteiger partial charge < -0.3 is 10.1 Å². The van der Waals surface area contributed by atoms with Gasteiger partial charge in [-0.1, -0.05) is 32.0 Å². The van der Waals surface area contributed by atoms with Crippen LogP contribution >= 0.6 is 0 Å². The topological polar surface area (TPSA) is 51.2 Å². The molecule has 2 rings (SSSR count). The van der Waals surface area contributed by atoms with E-state index >= 15 is 0 Å². The van der Waals surface area contributed by atoms with Crippen LogP contribution in [-0.4, -0.2) is 18.0 Å². The quantitative estimate of drug-likeness (QED) is 0.928. The summed E-state index contributed by atoms with van der Waals surface area (Å²) in [6, 6.07) is 9.81. The standard InChI is InChI=1S/C17H20N2O2/c1-11(2)14-6-5-7-15(17(14)19-12(3)20)13-8-9-18-16(10-13)21-4/h5-11H,1-4H3,(H,19,20). The van der Waals surface area contributed by atoms with Crippen molar-refractivity contribution in [2.45, 2.75) is 26.7 Å². The Hall–Kier alpha value is -2.36. The van der Waals surface area contributed by atoms with Gasteiger partial charge in [0.1, 0.15) is 0 Å². The smallest absolute Gasteiger partial charge is 0.221 e. The first-order chi connectivity index (χ1) is 10.0. The van der Waals surface area contributed by atoms with Crippen LogP contribution in [0.1, 0.15) is 32.3 Å². The van der Waals surface area contributed by atoms with E-state index in [1.165, 1.54) is 6.92 Å². The van der Waals surface area contributed by atoms with Crippen molar-refractivity contribution < 1.29 is 9.53 Å². The molecule has 1 amide bonds. The normalized spacial score (nSPS) is 10.5. The van der Waals surface area contributed by atoms with Crippen molar-refractivity contribution in [1.29, 1.82) is 0 Å². The number of benzene rings is 1. The molecule has 0 fully saturated rings. The van der Waals surface area contributed by atoms with Crippen LogP contribution in [0.4, 0.5) is 5.69 Å². The molecule has 0 radical (unpaired) electrons. The highest BCUT2D eigenvalue weighted by atomic mass is 16.5. The highest BCUT2D eigenvalue weighted by Gasteiger charge is 2.14. The fourth-order valence-electron chi connectivity index (χ4n) is 2.30. The second-order valence-electron chi connectivity index (χ2n) is 5.19. The second kappa shape index (κ2) is 6.39. The Morgan fingerprint density at radius 1 is 1.29 bits per heavy atom. The van der Waals surface area contributed by atoms with E-state index in [0.29, 0.717) is 11.8 Å². The minimum atomic E-state index is -0.0784. The van der Waals surface area contributed by atoms with Gasteiger partial charge in [-0.2, -0.15) is 0 Å². The van der Waals surface area contributed by atoms with Crippen molar-refractivity contribution in [3.8, 4) is 17.0 Å². The maximum atomic E-state index is 11.5. The van der Waals surface area contributed by atoms with Gasteiger partial charge >= 0.3 is 0 Å². The molecule has 0 aliphatic heterocycles. The van der Waals surface area contributed by atoms with E-state index in [9.17, 15) is 4.79 Å². The monoisotopic (exact) mass is 284 g/mol.